The van der Waals surface area contributed by atoms with Crippen molar-refractivity contribution in [3.63, 3.8) is 0 Å². The summed E-state index contributed by atoms with van der Waals surface area (Å²) in [5, 5.41) is 55.3. The third kappa shape index (κ3) is 29.5. The van der Waals surface area contributed by atoms with Crippen molar-refractivity contribution in [3.8, 4) is 0 Å². The maximum atomic E-state index is 10.7. The summed E-state index contributed by atoms with van der Waals surface area (Å²) in [4.78, 5) is 0.700. The van der Waals surface area contributed by atoms with Crippen molar-refractivity contribution in [2.45, 2.75) is 211 Å². The highest BCUT2D eigenvalue weighted by molar-refractivity contribution is 7.80. The first-order valence-corrected chi connectivity index (χ1v) is 19.6. The zero-order chi connectivity index (χ0) is 33.4. The summed E-state index contributed by atoms with van der Waals surface area (Å²) in [5.41, 5.74) is 0. The lowest BCUT2D eigenvalue weighted by atomic mass is 10.0. The van der Waals surface area contributed by atoms with Crippen LogP contribution in [0.4, 0.5) is 0 Å². The zero-order valence-electron chi connectivity index (χ0n) is 29.5. The van der Waals surface area contributed by atoms with Gasteiger partial charge in [-0.3, -0.25) is 0 Å². The molecule has 0 amide bonds. The highest BCUT2D eigenvalue weighted by Gasteiger charge is 2.23. The number of unbranched alkanes of at least 4 members (excludes halogenated alkanes) is 22. The van der Waals surface area contributed by atoms with Crippen LogP contribution >= 0.6 is 12.2 Å². The Morgan fingerprint density at radius 3 is 1.31 bits per heavy atom. The summed E-state index contributed by atoms with van der Waals surface area (Å²) < 4.78 is 0. The minimum absolute atomic E-state index is 0.0786. The van der Waals surface area contributed by atoms with Crippen LogP contribution in [-0.2, 0) is 0 Å². The minimum atomic E-state index is -1.21. The van der Waals surface area contributed by atoms with E-state index in [-0.39, 0.29) is 13.0 Å². The van der Waals surface area contributed by atoms with Gasteiger partial charge in [0.1, 0.15) is 6.10 Å². The molecule has 0 saturated carbocycles. The Hall–Kier alpha value is -0.350. The van der Waals surface area contributed by atoms with Gasteiger partial charge in [-0.15, -0.1) is 0 Å². The van der Waals surface area contributed by atoms with E-state index in [0.29, 0.717) is 18.0 Å². The van der Waals surface area contributed by atoms with Gasteiger partial charge in [0.25, 0.3) is 0 Å². The van der Waals surface area contributed by atoms with Crippen LogP contribution in [0.5, 0.6) is 0 Å². The highest BCUT2D eigenvalue weighted by Crippen LogP contribution is 2.16. The molecule has 0 aliphatic heterocycles. The molecule has 0 bridgehead atoms. The molecule has 0 aromatic rings. The van der Waals surface area contributed by atoms with E-state index < -0.39 is 37.1 Å². The molecule has 5 atom stereocenters. The maximum absolute atomic E-state index is 10.7. The van der Waals surface area contributed by atoms with Gasteiger partial charge in [-0.2, -0.15) is 0 Å². The predicted octanol–water partition coefficient (Wildman–Crippen LogP) is 7.48. The van der Waals surface area contributed by atoms with Crippen molar-refractivity contribution in [2.75, 3.05) is 19.7 Å². The summed E-state index contributed by atoms with van der Waals surface area (Å²) in [6.45, 7) is 4.04. The van der Waals surface area contributed by atoms with Crippen molar-refractivity contribution in [2.24, 2.45) is 0 Å². The molecule has 0 radical (unpaired) electrons. The van der Waals surface area contributed by atoms with Gasteiger partial charge in [0, 0.05) is 19.5 Å². The molecule has 0 spiro atoms. The van der Waals surface area contributed by atoms with Gasteiger partial charge >= 0.3 is 0 Å². The Labute approximate surface area is 283 Å². The summed E-state index contributed by atoms with van der Waals surface area (Å²) in [6.07, 6.45) is 29.3. The molecule has 45 heavy (non-hydrogen) atoms. The lowest BCUT2D eigenvalue weighted by Crippen LogP contribution is -2.51. The average molecular weight is 661 g/mol. The second kappa shape index (κ2) is 33.5. The van der Waals surface area contributed by atoms with E-state index in [4.69, 9.17) is 17.3 Å². The molecule has 0 rings (SSSR count). The van der Waals surface area contributed by atoms with E-state index in [2.05, 4.69) is 17.6 Å². The Kier molecular flexibility index (Phi) is 33.3. The number of aliphatic hydroxyl groups is 5. The van der Waals surface area contributed by atoms with Crippen LogP contribution in [0, 0.1) is 0 Å². The molecule has 0 aliphatic carbocycles. The molecular formula is C37H76N2O5S. The maximum Gasteiger partial charge on any atom is 0.104 e. The summed E-state index contributed by atoms with van der Waals surface area (Å²) in [5.74, 6) is 0. The third-order valence-electron chi connectivity index (χ3n) is 9.15. The molecular weight excluding hydrogens is 584 g/mol. The molecule has 7 N–H and O–H groups in total. The van der Waals surface area contributed by atoms with Crippen LogP contribution < -0.4 is 10.6 Å². The van der Waals surface area contributed by atoms with E-state index in [1.165, 1.54) is 135 Å². The van der Waals surface area contributed by atoms with E-state index in [1.807, 2.05) is 6.92 Å². The molecule has 0 aromatic heterocycles. The minimum Gasteiger partial charge on any atom is -0.394 e. The summed E-state index contributed by atoms with van der Waals surface area (Å²) in [7, 11) is 0. The molecule has 0 aliphatic rings. The average Bonchev–Trinajstić information content (AvgIpc) is 3.03. The number of rotatable bonds is 35. The van der Waals surface area contributed by atoms with Crippen molar-refractivity contribution in [1.29, 1.82) is 0 Å². The van der Waals surface area contributed by atoms with Crippen LogP contribution in [0.3, 0.4) is 0 Å². The second-order valence-electron chi connectivity index (χ2n) is 13.5. The standard InChI is InChI=1S/C37H76N2O5S/c1-3-5-6-7-8-9-10-11-12-13-14-15-16-17-18-19-20-21-22-23-24-25-26-27-37(45)39-33(34(42)28-32(41)4-2)29-38-30-35(43)36(44)31-40/h32-36,38,40-44H,3-31H2,1-2H3,(H,39,45). The molecule has 0 fully saturated rings. The van der Waals surface area contributed by atoms with E-state index in [0.717, 1.165) is 19.3 Å². The second-order valence-corrected chi connectivity index (χ2v) is 14.0. The zero-order valence-corrected chi connectivity index (χ0v) is 30.4. The van der Waals surface area contributed by atoms with E-state index in [1.54, 1.807) is 0 Å². The molecule has 8 heteroatoms. The van der Waals surface area contributed by atoms with Gasteiger partial charge in [-0.05, 0) is 19.3 Å². The first-order valence-electron chi connectivity index (χ1n) is 19.2. The monoisotopic (exact) mass is 661 g/mol. The topological polar surface area (TPSA) is 125 Å². The molecule has 5 unspecified atom stereocenters. The largest absolute Gasteiger partial charge is 0.394 e. The normalized spacial score (nSPS) is 15.1. The third-order valence-corrected chi connectivity index (χ3v) is 9.47. The van der Waals surface area contributed by atoms with Gasteiger partial charge in [0.15, 0.2) is 0 Å². The van der Waals surface area contributed by atoms with Gasteiger partial charge in [-0.1, -0.05) is 167 Å². The lowest BCUT2D eigenvalue weighted by Gasteiger charge is -2.28. The van der Waals surface area contributed by atoms with Crippen molar-refractivity contribution in [3.05, 3.63) is 0 Å². The fourth-order valence-corrected chi connectivity index (χ4v) is 6.18. The number of nitrogens with one attached hydrogen (secondary N) is 2. The Morgan fingerprint density at radius 1 is 0.533 bits per heavy atom. The van der Waals surface area contributed by atoms with Crippen LogP contribution in [0.25, 0.3) is 0 Å². The molecule has 0 aromatic carbocycles. The quantitative estimate of drug-likeness (QED) is 0.0276. The summed E-state index contributed by atoms with van der Waals surface area (Å²) >= 11 is 5.55. The Balaban J connectivity index is 3.72. The van der Waals surface area contributed by atoms with Crippen LogP contribution in [0.15, 0.2) is 0 Å². The summed E-state index contributed by atoms with van der Waals surface area (Å²) in [6, 6.07) is -0.415. The van der Waals surface area contributed by atoms with Crippen molar-refractivity contribution < 1.29 is 25.5 Å². The predicted molar refractivity (Wildman–Crippen MR) is 195 cm³/mol. The van der Waals surface area contributed by atoms with Gasteiger partial charge in [-0.25, -0.2) is 0 Å². The number of hydrogen-bond donors (Lipinski definition) is 7. The van der Waals surface area contributed by atoms with Gasteiger partial charge in [0.2, 0.25) is 0 Å². The molecule has 0 heterocycles. The molecule has 270 valence electrons. The van der Waals surface area contributed by atoms with Crippen LogP contribution in [-0.4, -0.2) is 80.7 Å². The van der Waals surface area contributed by atoms with Crippen molar-refractivity contribution in [1.82, 2.24) is 10.6 Å². The smallest absolute Gasteiger partial charge is 0.104 e. The molecule has 7 nitrogen and oxygen atoms in total. The number of aliphatic hydroxyl groups excluding tert-OH is 5. The fourth-order valence-electron chi connectivity index (χ4n) is 5.89. The SMILES string of the molecule is CCCCCCCCCCCCCCCCCCCCCCCCCC(=S)NC(CNCC(O)C(O)CO)C(O)CC(O)CC. The molecule has 0 saturated heterocycles. The van der Waals surface area contributed by atoms with Crippen LogP contribution in [0.1, 0.15) is 181 Å². The Bertz CT molecular complexity index is 630. The van der Waals surface area contributed by atoms with Gasteiger partial charge in [0.05, 0.1) is 35.9 Å². The number of thiocarbonyl (C=S) groups is 1. The lowest BCUT2D eigenvalue weighted by molar-refractivity contribution is -0.0137. The first-order chi connectivity index (χ1) is 21.8. The Morgan fingerprint density at radius 2 is 0.933 bits per heavy atom. The number of hydrogen-bond acceptors (Lipinski definition) is 7. The van der Waals surface area contributed by atoms with Gasteiger partial charge < -0.3 is 36.2 Å². The van der Waals surface area contributed by atoms with Crippen molar-refractivity contribution >= 4 is 17.2 Å². The first kappa shape index (κ1) is 44.6. The van der Waals surface area contributed by atoms with Crippen LogP contribution in [0.2, 0.25) is 0 Å². The van der Waals surface area contributed by atoms with E-state index >= 15 is 0 Å². The highest BCUT2D eigenvalue weighted by atomic mass is 32.1. The van der Waals surface area contributed by atoms with E-state index in [9.17, 15) is 20.4 Å². The fraction of sp³-hybridized carbons (Fsp3) is 0.973.